The van der Waals surface area contributed by atoms with Crippen molar-refractivity contribution in [3.05, 3.63) is 75.9 Å². The van der Waals surface area contributed by atoms with Gasteiger partial charge in [-0.3, -0.25) is 4.79 Å². The normalized spacial score (nSPS) is 12.6. The Morgan fingerprint density at radius 3 is 2.56 bits per heavy atom. The molecule has 3 aromatic rings. The summed E-state index contributed by atoms with van der Waals surface area (Å²) in [5.41, 5.74) is 0.205. The number of ether oxygens (including phenoxy) is 1. The van der Waals surface area contributed by atoms with Crippen LogP contribution in [0.25, 0.3) is 0 Å². The molecular formula is C18H14F3NO4S. The molecule has 0 aliphatic carbocycles. The topological polar surface area (TPSA) is 71.7 Å². The Kier molecular flexibility index (Phi) is 5.52. The van der Waals surface area contributed by atoms with E-state index in [1.165, 1.54) is 29.7 Å². The fraction of sp³-hybridized carbons (Fsp3) is 0.167. The van der Waals surface area contributed by atoms with Crippen LogP contribution in [0.5, 0.6) is 5.75 Å². The zero-order valence-corrected chi connectivity index (χ0v) is 14.5. The lowest BCUT2D eigenvalue weighted by Gasteiger charge is -2.09. The summed E-state index contributed by atoms with van der Waals surface area (Å²) in [6.07, 6.45) is -4.19. The SMILES string of the molecule is O=C(NCc1ccc(C(O)c2ccco2)s1)c1ccc(OC(F)(F)F)cc1. The lowest BCUT2D eigenvalue weighted by Crippen LogP contribution is -2.22. The predicted octanol–water partition coefficient (Wildman–Crippen LogP) is 4.25. The van der Waals surface area contributed by atoms with E-state index in [0.717, 1.165) is 17.0 Å². The van der Waals surface area contributed by atoms with Gasteiger partial charge in [0, 0.05) is 15.3 Å². The minimum Gasteiger partial charge on any atom is -0.466 e. The van der Waals surface area contributed by atoms with Crippen molar-refractivity contribution in [3.8, 4) is 5.75 Å². The van der Waals surface area contributed by atoms with Crippen molar-refractivity contribution in [2.45, 2.75) is 19.0 Å². The van der Waals surface area contributed by atoms with Crippen molar-refractivity contribution in [1.82, 2.24) is 5.32 Å². The van der Waals surface area contributed by atoms with Crippen LogP contribution in [0.4, 0.5) is 13.2 Å². The van der Waals surface area contributed by atoms with Crippen molar-refractivity contribution in [3.63, 3.8) is 0 Å². The molecule has 1 atom stereocenters. The molecule has 27 heavy (non-hydrogen) atoms. The van der Waals surface area contributed by atoms with Gasteiger partial charge in [-0.2, -0.15) is 0 Å². The van der Waals surface area contributed by atoms with E-state index in [1.54, 1.807) is 24.3 Å². The van der Waals surface area contributed by atoms with Crippen molar-refractivity contribution in [2.75, 3.05) is 0 Å². The van der Waals surface area contributed by atoms with Gasteiger partial charge < -0.3 is 19.6 Å². The van der Waals surface area contributed by atoms with Crippen LogP contribution < -0.4 is 10.1 Å². The molecule has 5 nitrogen and oxygen atoms in total. The summed E-state index contributed by atoms with van der Waals surface area (Å²) in [7, 11) is 0. The molecule has 0 radical (unpaired) electrons. The Morgan fingerprint density at radius 1 is 1.19 bits per heavy atom. The fourth-order valence-corrected chi connectivity index (χ4v) is 3.25. The maximum absolute atomic E-state index is 12.1. The van der Waals surface area contributed by atoms with Gasteiger partial charge >= 0.3 is 6.36 Å². The maximum atomic E-state index is 12.1. The molecular weight excluding hydrogens is 383 g/mol. The number of rotatable bonds is 6. The maximum Gasteiger partial charge on any atom is 0.573 e. The van der Waals surface area contributed by atoms with Crippen molar-refractivity contribution < 1.29 is 32.2 Å². The van der Waals surface area contributed by atoms with Crippen LogP contribution >= 0.6 is 11.3 Å². The number of aliphatic hydroxyl groups is 1. The highest BCUT2D eigenvalue weighted by Crippen LogP contribution is 2.28. The van der Waals surface area contributed by atoms with Crippen molar-refractivity contribution >= 4 is 17.2 Å². The molecule has 2 N–H and O–H groups in total. The van der Waals surface area contributed by atoms with Gasteiger partial charge in [0.15, 0.2) is 0 Å². The summed E-state index contributed by atoms with van der Waals surface area (Å²) in [6, 6.07) is 11.5. The van der Waals surface area contributed by atoms with Gasteiger partial charge in [0.05, 0.1) is 12.8 Å². The van der Waals surface area contributed by atoms with E-state index in [9.17, 15) is 23.1 Å². The van der Waals surface area contributed by atoms with Crippen LogP contribution in [-0.4, -0.2) is 17.4 Å². The summed E-state index contributed by atoms with van der Waals surface area (Å²) < 4.78 is 45.3. The third kappa shape index (κ3) is 5.11. The number of furan rings is 1. The lowest BCUT2D eigenvalue weighted by atomic mass is 10.2. The number of amides is 1. The van der Waals surface area contributed by atoms with Gasteiger partial charge in [0.25, 0.3) is 5.91 Å². The molecule has 0 saturated heterocycles. The van der Waals surface area contributed by atoms with E-state index in [-0.39, 0.29) is 12.1 Å². The molecule has 3 rings (SSSR count). The quantitative estimate of drug-likeness (QED) is 0.652. The molecule has 142 valence electrons. The van der Waals surface area contributed by atoms with Crippen LogP contribution in [-0.2, 0) is 6.54 Å². The van der Waals surface area contributed by atoms with Gasteiger partial charge in [-0.1, -0.05) is 0 Å². The van der Waals surface area contributed by atoms with Gasteiger partial charge in [-0.05, 0) is 48.5 Å². The Labute approximate surface area is 156 Å². The molecule has 0 fully saturated rings. The van der Waals surface area contributed by atoms with Crippen molar-refractivity contribution in [1.29, 1.82) is 0 Å². The zero-order chi connectivity index (χ0) is 19.4. The van der Waals surface area contributed by atoms with E-state index in [0.29, 0.717) is 10.6 Å². The first-order valence-electron chi connectivity index (χ1n) is 7.76. The Hall–Kier alpha value is -2.78. The first-order chi connectivity index (χ1) is 12.8. The van der Waals surface area contributed by atoms with Gasteiger partial charge in [-0.25, -0.2) is 0 Å². The molecule has 2 aromatic heterocycles. The first kappa shape index (κ1) is 19.0. The number of nitrogens with one attached hydrogen (secondary N) is 1. The average molecular weight is 397 g/mol. The molecule has 0 aliphatic rings. The number of thiophene rings is 1. The molecule has 0 aliphatic heterocycles. The fourth-order valence-electron chi connectivity index (χ4n) is 2.30. The van der Waals surface area contributed by atoms with Crippen molar-refractivity contribution in [2.24, 2.45) is 0 Å². The highest BCUT2D eigenvalue weighted by Gasteiger charge is 2.31. The molecule has 1 aromatic carbocycles. The summed E-state index contributed by atoms with van der Waals surface area (Å²) in [5, 5.41) is 12.9. The van der Waals surface area contributed by atoms with Crippen LogP contribution in [0.2, 0.25) is 0 Å². The summed E-state index contributed by atoms with van der Waals surface area (Å²) in [4.78, 5) is 13.6. The summed E-state index contributed by atoms with van der Waals surface area (Å²) in [6.45, 7) is 0.217. The number of hydrogen-bond donors (Lipinski definition) is 2. The van der Waals surface area contributed by atoms with Crippen LogP contribution in [0.1, 0.15) is 32.0 Å². The smallest absolute Gasteiger partial charge is 0.466 e. The van der Waals surface area contributed by atoms with Gasteiger partial charge in [-0.15, -0.1) is 24.5 Å². The Bertz CT molecular complexity index is 888. The molecule has 1 amide bonds. The predicted molar refractivity (Wildman–Crippen MR) is 91.4 cm³/mol. The number of carbonyl (C=O) groups excluding carboxylic acids is 1. The van der Waals surface area contributed by atoms with Gasteiger partial charge in [0.1, 0.15) is 17.6 Å². The standard InChI is InChI=1S/C18H14F3NO4S/c19-18(20,21)26-12-5-3-11(4-6-12)17(24)22-10-13-7-8-15(27-13)16(23)14-2-1-9-25-14/h1-9,16,23H,10H2,(H,22,24). The second-order valence-electron chi connectivity index (χ2n) is 5.48. The number of halogens is 3. The second kappa shape index (κ2) is 7.85. The Balaban J connectivity index is 1.56. The molecule has 2 heterocycles. The molecule has 0 bridgehead atoms. The Morgan fingerprint density at radius 2 is 1.93 bits per heavy atom. The second-order valence-corrected chi connectivity index (χ2v) is 6.68. The summed E-state index contributed by atoms with van der Waals surface area (Å²) >= 11 is 1.32. The van der Waals surface area contributed by atoms with E-state index in [1.807, 2.05) is 0 Å². The van der Waals surface area contributed by atoms with E-state index < -0.39 is 24.1 Å². The van der Waals surface area contributed by atoms with Gasteiger partial charge in [0.2, 0.25) is 0 Å². The largest absolute Gasteiger partial charge is 0.573 e. The first-order valence-corrected chi connectivity index (χ1v) is 8.57. The number of carbonyl (C=O) groups is 1. The number of hydrogen-bond acceptors (Lipinski definition) is 5. The summed E-state index contributed by atoms with van der Waals surface area (Å²) in [5.74, 6) is -0.405. The zero-order valence-electron chi connectivity index (χ0n) is 13.7. The molecule has 9 heteroatoms. The monoisotopic (exact) mass is 397 g/mol. The van der Waals surface area contributed by atoms with E-state index >= 15 is 0 Å². The molecule has 0 saturated carbocycles. The van der Waals surface area contributed by atoms with Crippen LogP contribution in [0.3, 0.4) is 0 Å². The highest BCUT2D eigenvalue weighted by atomic mass is 32.1. The minimum absolute atomic E-state index is 0.205. The third-order valence-electron chi connectivity index (χ3n) is 3.54. The number of alkyl halides is 3. The van der Waals surface area contributed by atoms with E-state index in [2.05, 4.69) is 10.1 Å². The number of aliphatic hydroxyl groups excluding tert-OH is 1. The average Bonchev–Trinajstić information content (AvgIpc) is 3.30. The lowest BCUT2D eigenvalue weighted by molar-refractivity contribution is -0.274. The van der Waals surface area contributed by atoms with Crippen LogP contribution in [0.15, 0.2) is 59.2 Å². The number of benzene rings is 1. The minimum atomic E-state index is -4.78. The molecule has 1 unspecified atom stereocenters. The van der Waals surface area contributed by atoms with Crippen LogP contribution in [0, 0.1) is 0 Å². The third-order valence-corrected chi connectivity index (χ3v) is 4.68. The molecule has 0 spiro atoms. The highest BCUT2D eigenvalue weighted by molar-refractivity contribution is 7.12. The van der Waals surface area contributed by atoms with E-state index in [4.69, 9.17) is 4.42 Å².